The van der Waals surface area contributed by atoms with Crippen LogP contribution in [0.5, 0.6) is 0 Å². The van der Waals surface area contributed by atoms with Crippen molar-refractivity contribution in [2.24, 2.45) is 5.92 Å². The van der Waals surface area contributed by atoms with Crippen LogP contribution in [0.1, 0.15) is 17.3 Å². The van der Waals surface area contributed by atoms with Gasteiger partial charge < -0.3 is 14.5 Å². The van der Waals surface area contributed by atoms with Gasteiger partial charge in [-0.1, -0.05) is 0 Å². The molecule has 31 heavy (non-hydrogen) atoms. The molecule has 0 radical (unpaired) electrons. The Hall–Kier alpha value is -3.14. The number of halogens is 1. The van der Waals surface area contributed by atoms with Gasteiger partial charge >= 0.3 is 5.97 Å². The predicted octanol–water partition coefficient (Wildman–Crippen LogP) is 0.837. The van der Waals surface area contributed by atoms with E-state index in [-0.39, 0.29) is 29.4 Å². The van der Waals surface area contributed by atoms with Crippen molar-refractivity contribution in [2.75, 3.05) is 50.8 Å². The molecule has 4 rings (SSSR count). The SMILES string of the molecule is CCOC(=O)[C@@H]1CN(c2ncccn2)C[C@@H]2CN(C(=O)c3ccnc(F)c3)CCN2C1. The summed E-state index contributed by atoms with van der Waals surface area (Å²) in [5, 5.41) is 0. The Kier molecular flexibility index (Phi) is 6.36. The third kappa shape index (κ3) is 4.79. The number of amides is 1. The third-order valence-electron chi connectivity index (χ3n) is 5.65. The summed E-state index contributed by atoms with van der Waals surface area (Å²) in [5.74, 6) is -0.947. The number of hydrogen-bond acceptors (Lipinski definition) is 8. The Morgan fingerprint density at radius 3 is 2.65 bits per heavy atom. The molecule has 4 heterocycles. The fraction of sp³-hybridized carbons (Fsp3) is 0.476. The maximum atomic E-state index is 13.5. The van der Waals surface area contributed by atoms with Gasteiger partial charge in [-0.25, -0.2) is 15.0 Å². The average molecular weight is 428 g/mol. The minimum absolute atomic E-state index is 0.0207. The van der Waals surface area contributed by atoms with Crippen molar-refractivity contribution in [3.8, 4) is 0 Å². The molecule has 1 amide bonds. The maximum Gasteiger partial charge on any atom is 0.312 e. The minimum Gasteiger partial charge on any atom is -0.466 e. The van der Waals surface area contributed by atoms with E-state index in [0.29, 0.717) is 51.8 Å². The number of nitrogens with zero attached hydrogens (tertiary/aromatic N) is 6. The molecule has 0 spiro atoms. The second-order valence-electron chi connectivity index (χ2n) is 7.67. The molecule has 2 atom stereocenters. The van der Waals surface area contributed by atoms with Crippen molar-refractivity contribution in [1.29, 1.82) is 0 Å². The van der Waals surface area contributed by atoms with E-state index >= 15 is 0 Å². The number of ether oxygens (including phenoxy) is 1. The highest BCUT2D eigenvalue weighted by Gasteiger charge is 2.38. The maximum absolute atomic E-state index is 13.5. The number of esters is 1. The summed E-state index contributed by atoms with van der Waals surface area (Å²) >= 11 is 0. The van der Waals surface area contributed by atoms with Crippen molar-refractivity contribution in [1.82, 2.24) is 24.8 Å². The molecule has 2 aliphatic rings. The molecule has 2 aromatic heterocycles. The molecular weight excluding hydrogens is 403 g/mol. The molecule has 0 unspecified atom stereocenters. The van der Waals surface area contributed by atoms with E-state index in [1.165, 1.54) is 12.3 Å². The second-order valence-corrected chi connectivity index (χ2v) is 7.67. The number of carbonyl (C=O) groups is 2. The van der Waals surface area contributed by atoms with Crippen LogP contribution in [0.4, 0.5) is 10.3 Å². The van der Waals surface area contributed by atoms with Gasteiger partial charge in [0.2, 0.25) is 11.9 Å². The van der Waals surface area contributed by atoms with Gasteiger partial charge in [-0.3, -0.25) is 14.5 Å². The van der Waals surface area contributed by atoms with E-state index in [2.05, 4.69) is 19.9 Å². The molecule has 2 fully saturated rings. The average Bonchev–Trinajstić information content (AvgIpc) is 2.98. The van der Waals surface area contributed by atoms with Gasteiger partial charge in [0.25, 0.3) is 5.91 Å². The van der Waals surface area contributed by atoms with Crippen molar-refractivity contribution >= 4 is 17.8 Å². The molecular formula is C21H25FN6O3. The van der Waals surface area contributed by atoms with Crippen LogP contribution in [0.2, 0.25) is 0 Å². The van der Waals surface area contributed by atoms with E-state index in [0.717, 1.165) is 6.07 Å². The molecule has 0 saturated carbocycles. The van der Waals surface area contributed by atoms with E-state index in [1.807, 2.05) is 4.90 Å². The summed E-state index contributed by atoms with van der Waals surface area (Å²) < 4.78 is 18.8. The normalized spacial score (nSPS) is 21.9. The highest BCUT2D eigenvalue weighted by Crippen LogP contribution is 2.23. The number of anilines is 1. The number of pyridine rings is 1. The fourth-order valence-electron chi connectivity index (χ4n) is 4.17. The van der Waals surface area contributed by atoms with Crippen LogP contribution >= 0.6 is 0 Å². The van der Waals surface area contributed by atoms with E-state index in [9.17, 15) is 14.0 Å². The number of aromatic nitrogens is 3. The van der Waals surface area contributed by atoms with Crippen LogP contribution in [0.25, 0.3) is 0 Å². The Bertz CT molecular complexity index is 930. The van der Waals surface area contributed by atoms with Crippen molar-refractivity contribution in [2.45, 2.75) is 13.0 Å². The monoisotopic (exact) mass is 428 g/mol. The van der Waals surface area contributed by atoms with Crippen LogP contribution in [-0.4, -0.2) is 88.5 Å². The van der Waals surface area contributed by atoms with Crippen molar-refractivity contribution in [3.05, 3.63) is 48.3 Å². The first kappa shape index (κ1) is 21.1. The Labute approximate surface area is 179 Å². The minimum atomic E-state index is -0.677. The van der Waals surface area contributed by atoms with Crippen LogP contribution in [0.15, 0.2) is 36.8 Å². The largest absolute Gasteiger partial charge is 0.466 e. The number of rotatable bonds is 4. The number of hydrogen-bond donors (Lipinski definition) is 0. The summed E-state index contributed by atoms with van der Waals surface area (Å²) in [6.45, 7) is 5.24. The van der Waals surface area contributed by atoms with Crippen LogP contribution in [0, 0.1) is 11.9 Å². The standard InChI is InChI=1S/C21H25FN6O3/c1-2-31-20(30)16-11-26-8-9-27(19(29)15-4-7-23-18(22)10-15)13-17(26)14-28(12-16)21-24-5-3-6-25-21/h3-7,10,16-17H,2,8-9,11-14H2,1H3/t16-,17-/m0/s1. The lowest BCUT2D eigenvalue weighted by Gasteiger charge is -2.41. The molecule has 0 N–H and O–H groups in total. The Morgan fingerprint density at radius 2 is 1.90 bits per heavy atom. The van der Waals surface area contributed by atoms with E-state index in [1.54, 1.807) is 30.3 Å². The lowest BCUT2D eigenvalue weighted by atomic mass is 10.1. The summed E-state index contributed by atoms with van der Waals surface area (Å²) in [4.78, 5) is 43.6. The van der Waals surface area contributed by atoms with Crippen molar-refractivity contribution in [3.63, 3.8) is 0 Å². The summed E-state index contributed by atoms with van der Waals surface area (Å²) in [5.41, 5.74) is 0.280. The van der Waals surface area contributed by atoms with Gasteiger partial charge in [0.15, 0.2) is 0 Å². The first-order chi connectivity index (χ1) is 15.0. The van der Waals surface area contributed by atoms with Gasteiger partial charge in [-0.05, 0) is 19.1 Å². The third-order valence-corrected chi connectivity index (χ3v) is 5.65. The molecule has 0 aromatic carbocycles. The zero-order valence-electron chi connectivity index (χ0n) is 17.4. The molecule has 164 valence electrons. The summed E-state index contributed by atoms with van der Waals surface area (Å²) in [6, 6.07) is 4.40. The fourth-order valence-corrected chi connectivity index (χ4v) is 4.17. The molecule has 0 bridgehead atoms. The van der Waals surface area contributed by atoms with Gasteiger partial charge in [-0.2, -0.15) is 4.39 Å². The number of fused-ring (bicyclic) bond motifs is 1. The molecule has 9 nitrogen and oxygen atoms in total. The molecule has 2 aromatic rings. The topological polar surface area (TPSA) is 91.8 Å². The first-order valence-electron chi connectivity index (χ1n) is 10.4. The van der Waals surface area contributed by atoms with Crippen LogP contribution in [-0.2, 0) is 9.53 Å². The van der Waals surface area contributed by atoms with Gasteiger partial charge in [0.1, 0.15) is 0 Å². The molecule has 2 saturated heterocycles. The molecule has 2 aliphatic heterocycles. The van der Waals surface area contributed by atoms with E-state index < -0.39 is 5.95 Å². The number of carbonyl (C=O) groups excluding carboxylic acids is 2. The lowest BCUT2D eigenvalue weighted by molar-refractivity contribution is -0.148. The van der Waals surface area contributed by atoms with Gasteiger partial charge in [-0.15, -0.1) is 0 Å². The highest BCUT2D eigenvalue weighted by atomic mass is 19.1. The summed E-state index contributed by atoms with van der Waals surface area (Å²) in [6.07, 6.45) is 4.63. The second kappa shape index (κ2) is 9.34. The van der Waals surface area contributed by atoms with E-state index in [4.69, 9.17) is 4.74 Å². The Morgan fingerprint density at radius 1 is 1.10 bits per heavy atom. The van der Waals surface area contributed by atoms with Gasteiger partial charge in [0, 0.05) is 75.5 Å². The number of piperazine rings is 1. The predicted molar refractivity (Wildman–Crippen MR) is 110 cm³/mol. The van der Waals surface area contributed by atoms with Crippen LogP contribution < -0.4 is 4.90 Å². The lowest BCUT2D eigenvalue weighted by Crippen LogP contribution is -2.57. The zero-order chi connectivity index (χ0) is 21.8. The first-order valence-corrected chi connectivity index (χ1v) is 10.4. The quantitative estimate of drug-likeness (QED) is 0.523. The molecule has 10 heteroatoms. The zero-order valence-corrected chi connectivity index (χ0v) is 17.4. The van der Waals surface area contributed by atoms with Crippen molar-refractivity contribution < 1.29 is 18.7 Å². The van der Waals surface area contributed by atoms with Gasteiger partial charge in [0.05, 0.1) is 12.5 Å². The summed E-state index contributed by atoms with van der Waals surface area (Å²) in [7, 11) is 0. The Balaban J connectivity index is 1.55. The highest BCUT2D eigenvalue weighted by molar-refractivity contribution is 5.94. The molecule has 0 aliphatic carbocycles. The smallest absolute Gasteiger partial charge is 0.312 e. The van der Waals surface area contributed by atoms with Crippen LogP contribution in [0.3, 0.4) is 0 Å².